The Kier molecular flexibility index (Phi) is 4.22. The number of carbonyl (C=O) groups is 1. The number of nitro benzene ring substituents is 1. The van der Waals surface area contributed by atoms with Crippen molar-refractivity contribution in [2.75, 3.05) is 11.0 Å². The molecule has 0 fully saturated rings. The summed E-state index contributed by atoms with van der Waals surface area (Å²) in [6.45, 7) is 0. The molecule has 0 unspecified atom stereocenters. The zero-order valence-electron chi connectivity index (χ0n) is 11.5. The lowest BCUT2D eigenvalue weighted by Crippen LogP contribution is -2.12. The van der Waals surface area contributed by atoms with Crippen LogP contribution < -0.4 is 4.72 Å². The largest absolute Gasteiger partial charge is 0.293 e. The highest BCUT2D eigenvalue weighted by molar-refractivity contribution is 7.92. The molecule has 0 radical (unpaired) electrons. The molecular formula is C14H12N2O5S. The highest BCUT2D eigenvalue weighted by Gasteiger charge is 2.19. The molecule has 0 saturated carbocycles. The Balaban J connectivity index is 2.49. The van der Waals surface area contributed by atoms with Crippen molar-refractivity contribution in [2.45, 2.75) is 0 Å². The van der Waals surface area contributed by atoms with E-state index in [1.54, 1.807) is 30.3 Å². The maximum absolute atomic E-state index is 12.3. The zero-order chi connectivity index (χ0) is 16.3. The first-order valence-electron chi connectivity index (χ1n) is 6.14. The second-order valence-electron chi connectivity index (χ2n) is 4.56. The molecule has 0 bridgehead atoms. The minimum absolute atomic E-state index is 0.156. The van der Waals surface area contributed by atoms with E-state index in [1.807, 2.05) is 0 Å². The zero-order valence-corrected chi connectivity index (χ0v) is 12.3. The Morgan fingerprint density at radius 2 is 1.73 bits per heavy atom. The summed E-state index contributed by atoms with van der Waals surface area (Å²) in [5, 5.41) is 10.9. The van der Waals surface area contributed by atoms with Gasteiger partial charge in [0.05, 0.1) is 11.2 Å². The highest BCUT2D eigenvalue weighted by atomic mass is 32.2. The molecule has 8 heteroatoms. The predicted octanol–water partition coefficient (Wildman–Crippen LogP) is 2.20. The molecule has 0 atom stereocenters. The van der Waals surface area contributed by atoms with E-state index in [4.69, 9.17) is 0 Å². The lowest BCUT2D eigenvalue weighted by Gasteiger charge is -2.07. The van der Waals surface area contributed by atoms with Crippen LogP contribution in [0.25, 0.3) is 0 Å². The van der Waals surface area contributed by atoms with Crippen molar-refractivity contribution >= 4 is 27.2 Å². The molecule has 0 saturated heterocycles. The summed E-state index contributed by atoms with van der Waals surface area (Å²) in [5.41, 5.74) is -0.103. The van der Waals surface area contributed by atoms with Gasteiger partial charge in [-0.2, -0.15) is 0 Å². The van der Waals surface area contributed by atoms with Crippen LogP contribution in [0, 0.1) is 10.1 Å². The average Bonchev–Trinajstić information content (AvgIpc) is 2.45. The first-order valence-corrected chi connectivity index (χ1v) is 8.03. The van der Waals surface area contributed by atoms with Crippen LogP contribution in [0.5, 0.6) is 0 Å². The van der Waals surface area contributed by atoms with Crippen LogP contribution in [0.15, 0.2) is 48.5 Å². The molecule has 0 aromatic heterocycles. The van der Waals surface area contributed by atoms with Gasteiger partial charge in [-0.25, -0.2) is 8.42 Å². The fraction of sp³-hybridized carbons (Fsp3) is 0.0714. The molecule has 1 N–H and O–H groups in total. The SMILES string of the molecule is CS(=O)(=O)Nc1cc(C(=O)c2ccccc2)ccc1[N+](=O)[O-]. The second kappa shape index (κ2) is 5.94. The normalized spacial score (nSPS) is 11.0. The Morgan fingerprint density at radius 3 is 2.27 bits per heavy atom. The Bertz CT molecular complexity index is 832. The number of sulfonamides is 1. The van der Waals surface area contributed by atoms with E-state index in [1.165, 1.54) is 6.07 Å². The molecular weight excluding hydrogens is 308 g/mol. The van der Waals surface area contributed by atoms with Gasteiger partial charge in [0.15, 0.2) is 5.78 Å². The third-order valence-corrected chi connectivity index (χ3v) is 3.38. The smallest absolute Gasteiger partial charge is 0.289 e. The number of rotatable bonds is 5. The number of hydrogen-bond donors (Lipinski definition) is 1. The number of nitro groups is 1. The van der Waals surface area contributed by atoms with E-state index in [0.717, 1.165) is 18.4 Å². The average molecular weight is 320 g/mol. The first kappa shape index (κ1) is 15.6. The summed E-state index contributed by atoms with van der Waals surface area (Å²) < 4.78 is 24.7. The van der Waals surface area contributed by atoms with Gasteiger partial charge in [0.2, 0.25) is 10.0 Å². The highest BCUT2D eigenvalue weighted by Crippen LogP contribution is 2.27. The van der Waals surface area contributed by atoms with E-state index in [9.17, 15) is 23.3 Å². The maximum Gasteiger partial charge on any atom is 0.293 e. The van der Waals surface area contributed by atoms with Gasteiger partial charge in [-0.15, -0.1) is 0 Å². The van der Waals surface area contributed by atoms with Gasteiger partial charge in [0.1, 0.15) is 5.69 Å². The van der Waals surface area contributed by atoms with Crippen LogP contribution in [0.3, 0.4) is 0 Å². The predicted molar refractivity (Wildman–Crippen MR) is 81.4 cm³/mol. The number of ketones is 1. The van der Waals surface area contributed by atoms with Crippen LogP contribution in [-0.4, -0.2) is 25.4 Å². The third-order valence-electron chi connectivity index (χ3n) is 2.79. The van der Waals surface area contributed by atoms with Gasteiger partial charge >= 0.3 is 0 Å². The van der Waals surface area contributed by atoms with E-state index in [-0.39, 0.29) is 17.0 Å². The molecule has 0 aliphatic heterocycles. The third kappa shape index (κ3) is 3.67. The van der Waals surface area contributed by atoms with Crippen molar-refractivity contribution in [1.29, 1.82) is 0 Å². The molecule has 0 amide bonds. The van der Waals surface area contributed by atoms with Crippen molar-refractivity contribution in [3.8, 4) is 0 Å². The second-order valence-corrected chi connectivity index (χ2v) is 6.31. The van der Waals surface area contributed by atoms with Crippen molar-refractivity contribution < 1.29 is 18.1 Å². The van der Waals surface area contributed by atoms with Crippen LogP contribution in [0.2, 0.25) is 0 Å². The first-order chi connectivity index (χ1) is 10.3. The minimum atomic E-state index is -3.71. The van der Waals surface area contributed by atoms with Crippen LogP contribution in [0.4, 0.5) is 11.4 Å². The summed E-state index contributed by atoms with van der Waals surface area (Å²) in [6, 6.07) is 11.9. The Hall–Kier alpha value is -2.74. The van der Waals surface area contributed by atoms with Gasteiger partial charge < -0.3 is 0 Å². The monoisotopic (exact) mass is 320 g/mol. The molecule has 0 aliphatic carbocycles. The van der Waals surface area contributed by atoms with Crippen molar-refractivity contribution in [1.82, 2.24) is 0 Å². The van der Waals surface area contributed by atoms with Crippen LogP contribution in [-0.2, 0) is 10.0 Å². The summed E-state index contributed by atoms with van der Waals surface area (Å²) in [4.78, 5) is 22.5. The Labute approximate surface area is 126 Å². The number of nitrogens with zero attached hydrogens (tertiary/aromatic N) is 1. The molecule has 2 aromatic rings. The lowest BCUT2D eigenvalue weighted by molar-refractivity contribution is -0.383. The van der Waals surface area contributed by atoms with E-state index in [2.05, 4.69) is 4.72 Å². The molecule has 2 aromatic carbocycles. The summed E-state index contributed by atoms with van der Waals surface area (Å²) in [6.07, 6.45) is 0.877. The number of anilines is 1. The van der Waals surface area contributed by atoms with Gasteiger partial charge in [-0.05, 0) is 12.1 Å². The maximum atomic E-state index is 12.3. The molecule has 0 heterocycles. The number of nitrogens with one attached hydrogen (secondary N) is 1. The van der Waals surface area contributed by atoms with Crippen molar-refractivity contribution in [3.05, 3.63) is 69.8 Å². The van der Waals surface area contributed by atoms with Crippen molar-refractivity contribution in [2.24, 2.45) is 0 Å². The summed E-state index contributed by atoms with van der Waals surface area (Å²) >= 11 is 0. The van der Waals surface area contributed by atoms with Gasteiger partial charge in [-0.1, -0.05) is 30.3 Å². The molecule has 22 heavy (non-hydrogen) atoms. The number of hydrogen-bond acceptors (Lipinski definition) is 5. The van der Waals surface area contributed by atoms with E-state index in [0.29, 0.717) is 5.56 Å². The van der Waals surface area contributed by atoms with Gasteiger partial charge in [0.25, 0.3) is 5.69 Å². The molecule has 2 rings (SSSR count). The number of benzene rings is 2. The summed E-state index contributed by atoms with van der Waals surface area (Å²) in [7, 11) is -3.71. The fourth-order valence-corrected chi connectivity index (χ4v) is 2.44. The molecule has 7 nitrogen and oxygen atoms in total. The molecule has 0 spiro atoms. The van der Waals surface area contributed by atoms with Gasteiger partial charge in [-0.3, -0.25) is 19.6 Å². The van der Waals surface area contributed by atoms with E-state index < -0.39 is 20.6 Å². The number of carbonyl (C=O) groups excluding carboxylic acids is 1. The standard InChI is InChI=1S/C14H12N2O5S/c1-22(20,21)15-12-9-11(7-8-13(12)16(18)19)14(17)10-5-3-2-4-6-10/h2-9,15H,1H3. The van der Waals surface area contributed by atoms with E-state index >= 15 is 0 Å². The molecule has 0 aliphatic rings. The van der Waals surface area contributed by atoms with Crippen molar-refractivity contribution in [3.63, 3.8) is 0 Å². The lowest BCUT2D eigenvalue weighted by atomic mass is 10.0. The quantitative estimate of drug-likeness (QED) is 0.516. The summed E-state index contributed by atoms with van der Waals surface area (Å²) in [5.74, 6) is -0.355. The van der Waals surface area contributed by atoms with Crippen LogP contribution >= 0.6 is 0 Å². The Morgan fingerprint density at radius 1 is 1.09 bits per heavy atom. The molecule has 114 valence electrons. The van der Waals surface area contributed by atoms with Gasteiger partial charge in [0, 0.05) is 17.2 Å². The fourth-order valence-electron chi connectivity index (χ4n) is 1.87. The minimum Gasteiger partial charge on any atom is -0.289 e. The van der Waals surface area contributed by atoms with Crippen LogP contribution in [0.1, 0.15) is 15.9 Å². The topological polar surface area (TPSA) is 106 Å².